The Morgan fingerprint density at radius 1 is 1.22 bits per heavy atom. The summed E-state index contributed by atoms with van der Waals surface area (Å²) in [6.45, 7) is 3.86. The highest BCUT2D eigenvalue weighted by Gasteiger charge is 2.16. The Hall–Kier alpha value is -1.43. The van der Waals surface area contributed by atoms with Gasteiger partial charge in [0.2, 0.25) is 11.8 Å². The van der Waals surface area contributed by atoms with Crippen molar-refractivity contribution in [2.75, 3.05) is 0 Å². The smallest absolute Gasteiger partial charge is 0.221 e. The third-order valence-corrected chi connectivity index (χ3v) is 5.05. The van der Waals surface area contributed by atoms with Gasteiger partial charge in [0.15, 0.2) is 0 Å². The van der Waals surface area contributed by atoms with Gasteiger partial charge >= 0.3 is 0 Å². The van der Waals surface area contributed by atoms with Gasteiger partial charge in [-0.05, 0) is 26.7 Å². The fraction of sp³-hybridized carbons (Fsp3) is 0.706. The molecular weight excluding hydrogens is 310 g/mol. The molecule has 0 radical (unpaired) electrons. The average Bonchev–Trinajstić information content (AvgIpc) is 2.79. The molecule has 1 unspecified atom stereocenters. The third kappa shape index (κ3) is 6.29. The van der Waals surface area contributed by atoms with Crippen molar-refractivity contribution in [3.8, 4) is 0 Å². The SMILES string of the molecule is Cc1nc(C(C)NC(=O)CCC(=O)NC2CCCCCC2)cs1. The molecule has 0 bridgehead atoms. The predicted molar refractivity (Wildman–Crippen MR) is 92.3 cm³/mol. The van der Waals surface area contributed by atoms with E-state index in [1.807, 2.05) is 19.2 Å². The molecule has 1 fully saturated rings. The first-order chi connectivity index (χ1) is 11.0. The minimum atomic E-state index is -0.114. The maximum absolute atomic E-state index is 12.0. The van der Waals surface area contributed by atoms with Gasteiger partial charge in [-0.25, -0.2) is 4.98 Å². The summed E-state index contributed by atoms with van der Waals surface area (Å²) in [5.41, 5.74) is 0.878. The monoisotopic (exact) mass is 337 g/mol. The van der Waals surface area contributed by atoms with E-state index in [9.17, 15) is 9.59 Å². The second kappa shape index (κ2) is 9.01. The predicted octanol–water partition coefficient (Wildman–Crippen LogP) is 3.25. The number of amides is 2. The van der Waals surface area contributed by atoms with Crippen molar-refractivity contribution in [2.45, 2.75) is 77.3 Å². The van der Waals surface area contributed by atoms with Crippen LogP contribution < -0.4 is 10.6 Å². The van der Waals surface area contributed by atoms with Crippen LogP contribution in [0.3, 0.4) is 0 Å². The number of carbonyl (C=O) groups is 2. The van der Waals surface area contributed by atoms with Gasteiger partial charge < -0.3 is 10.6 Å². The molecule has 0 saturated heterocycles. The maximum atomic E-state index is 12.0. The Labute approximate surface area is 142 Å². The summed E-state index contributed by atoms with van der Waals surface area (Å²) < 4.78 is 0. The van der Waals surface area contributed by atoms with E-state index in [1.165, 1.54) is 25.7 Å². The highest BCUT2D eigenvalue weighted by atomic mass is 32.1. The van der Waals surface area contributed by atoms with Crippen LogP contribution >= 0.6 is 11.3 Å². The first-order valence-electron chi connectivity index (χ1n) is 8.55. The van der Waals surface area contributed by atoms with Gasteiger partial charge in [0.05, 0.1) is 16.7 Å². The highest BCUT2D eigenvalue weighted by Crippen LogP contribution is 2.18. The summed E-state index contributed by atoms with van der Waals surface area (Å²) in [6.07, 6.45) is 7.53. The van der Waals surface area contributed by atoms with Crippen LogP contribution in [0.25, 0.3) is 0 Å². The lowest BCUT2D eigenvalue weighted by molar-refractivity contribution is -0.127. The molecule has 2 amide bonds. The Kier molecular flexibility index (Phi) is 7.02. The summed E-state index contributed by atoms with van der Waals surface area (Å²) in [4.78, 5) is 28.3. The van der Waals surface area contributed by atoms with E-state index in [2.05, 4.69) is 15.6 Å². The van der Waals surface area contributed by atoms with Crippen LogP contribution in [0.5, 0.6) is 0 Å². The molecule has 0 aromatic carbocycles. The van der Waals surface area contributed by atoms with Crippen molar-refractivity contribution < 1.29 is 9.59 Å². The van der Waals surface area contributed by atoms with Gasteiger partial charge in [0.1, 0.15) is 0 Å². The standard InChI is InChI=1S/C17H27N3O2S/c1-12(15-11-23-13(2)19-15)18-16(21)9-10-17(22)20-14-7-5-3-4-6-8-14/h11-12,14H,3-10H2,1-2H3,(H,18,21)(H,20,22). The number of aromatic nitrogens is 1. The molecule has 2 rings (SSSR count). The highest BCUT2D eigenvalue weighted by molar-refractivity contribution is 7.09. The van der Waals surface area contributed by atoms with Crippen LogP contribution in [0.15, 0.2) is 5.38 Å². The second-order valence-corrected chi connectivity index (χ2v) is 7.40. The molecular formula is C17H27N3O2S. The summed E-state index contributed by atoms with van der Waals surface area (Å²) in [6, 6.07) is 0.183. The van der Waals surface area contributed by atoms with Crippen molar-refractivity contribution >= 4 is 23.2 Å². The van der Waals surface area contributed by atoms with E-state index in [1.54, 1.807) is 11.3 Å². The van der Waals surface area contributed by atoms with Crippen LogP contribution in [0.4, 0.5) is 0 Å². The Bertz CT molecular complexity index is 522. The van der Waals surface area contributed by atoms with Crippen LogP contribution in [0.1, 0.15) is 75.0 Å². The maximum Gasteiger partial charge on any atom is 0.221 e. The molecule has 1 aliphatic carbocycles. The normalized spacial score (nSPS) is 17.3. The minimum absolute atomic E-state index is 0.00999. The van der Waals surface area contributed by atoms with Crippen molar-refractivity contribution in [1.82, 2.24) is 15.6 Å². The zero-order valence-corrected chi connectivity index (χ0v) is 14.9. The zero-order valence-electron chi connectivity index (χ0n) is 14.1. The number of nitrogens with zero attached hydrogens (tertiary/aromatic N) is 1. The van der Waals surface area contributed by atoms with Gasteiger partial charge in [-0.15, -0.1) is 11.3 Å². The number of aryl methyl sites for hydroxylation is 1. The number of rotatable bonds is 6. The molecule has 0 aliphatic heterocycles. The minimum Gasteiger partial charge on any atom is -0.353 e. The number of thiazole rings is 1. The molecule has 2 N–H and O–H groups in total. The van der Waals surface area contributed by atoms with E-state index in [0.717, 1.165) is 23.5 Å². The van der Waals surface area contributed by atoms with Gasteiger partial charge in [-0.1, -0.05) is 25.7 Å². The van der Waals surface area contributed by atoms with Crippen LogP contribution in [-0.2, 0) is 9.59 Å². The lowest BCUT2D eigenvalue weighted by Gasteiger charge is -2.16. The summed E-state index contributed by atoms with van der Waals surface area (Å²) in [5, 5.41) is 8.92. The van der Waals surface area contributed by atoms with E-state index < -0.39 is 0 Å². The molecule has 0 spiro atoms. The molecule has 23 heavy (non-hydrogen) atoms. The molecule has 1 aliphatic rings. The van der Waals surface area contributed by atoms with Crippen molar-refractivity contribution in [1.29, 1.82) is 0 Å². The Balaban J connectivity index is 1.67. The summed E-state index contributed by atoms with van der Waals surface area (Å²) in [7, 11) is 0. The molecule has 1 saturated carbocycles. The molecule has 5 nitrogen and oxygen atoms in total. The molecule has 1 heterocycles. The first-order valence-corrected chi connectivity index (χ1v) is 9.43. The largest absolute Gasteiger partial charge is 0.353 e. The number of carbonyl (C=O) groups excluding carboxylic acids is 2. The zero-order chi connectivity index (χ0) is 16.7. The van der Waals surface area contributed by atoms with E-state index >= 15 is 0 Å². The number of nitrogens with one attached hydrogen (secondary N) is 2. The fourth-order valence-electron chi connectivity index (χ4n) is 2.92. The molecule has 1 aromatic heterocycles. The third-order valence-electron chi connectivity index (χ3n) is 4.26. The fourth-order valence-corrected chi connectivity index (χ4v) is 3.62. The van der Waals surface area contributed by atoms with Crippen molar-refractivity contribution in [3.63, 3.8) is 0 Å². The Morgan fingerprint density at radius 3 is 2.48 bits per heavy atom. The lowest BCUT2D eigenvalue weighted by Crippen LogP contribution is -2.35. The molecule has 1 aromatic rings. The van der Waals surface area contributed by atoms with Gasteiger partial charge in [-0.2, -0.15) is 0 Å². The summed E-state index contributed by atoms with van der Waals surface area (Å²) >= 11 is 1.57. The number of hydrogen-bond donors (Lipinski definition) is 2. The van der Waals surface area contributed by atoms with Crippen molar-refractivity contribution in [3.05, 3.63) is 16.1 Å². The van der Waals surface area contributed by atoms with Crippen LogP contribution in [-0.4, -0.2) is 22.8 Å². The second-order valence-electron chi connectivity index (χ2n) is 6.34. The molecule has 1 atom stereocenters. The lowest BCUT2D eigenvalue weighted by atomic mass is 10.1. The van der Waals surface area contributed by atoms with E-state index in [-0.39, 0.29) is 30.7 Å². The Morgan fingerprint density at radius 2 is 1.87 bits per heavy atom. The quantitative estimate of drug-likeness (QED) is 0.783. The van der Waals surface area contributed by atoms with E-state index in [0.29, 0.717) is 6.04 Å². The first kappa shape index (κ1) is 17.9. The van der Waals surface area contributed by atoms with Crippen LogP contribution in [0.2, 0.25) is 0 Å². The van der Waals surface area contributed by atoms with Crippen LogP contribution in [0, 0.1) is 6.92 Å². The average molecular weight is 337 g/mol. The number of hydrogen-bond acceptors (Lipinski definition) is 4. The topological polar surface area (TPSA) is 71.1 Å². The van der Waals surface area contributed by atoms with Gasteiger partial charge in [-0.3, -0.25) is 9.59 Å². The molecule has 128 valence electrons. The van der Waals surface area contributed by atoms with Crippen molar-refractivity contribution in [2.24, 2.45) is 0 Å². The van der Waals surface area contributed by atoms with Gasteiger partial charge in [0, 0.05) is 24.3 Å². The van der Waals surface area contributed by atoms with Gasteiger partial charge in [0.25, 0.3) is 0 Å². The summed E-state index contributed by atoms with van der Waals surface area (Å²) in [5.74, 6) is -0.108. The molecule has 6 heteroatoms. The van der Waals surface area contributed by atoms with E-state index in [4.69, 9.17) is 0 Å².